The summed E-state index contributed by atoms with van der Waals surface area (Å²) in [4.78, 5) is 3.68. The van der Waals surface area contributed by atoms with Gasteiger partial charge >= 0.3 is 0 Å². The molecule has 5 nitrogen and oxygen atoms in total. The van der Waals surface area contributed by atoms with Crippen LogP contribution in [0.2, 0.25) is 10.0 Å². The number of aromatic nitrogens is 1. The SMILES string of the molecule is N#Cc1ccc(NS(=O)(=O)c2cc(Cl)ccc2Cl)nc1. The second-order valence-electron chi connectivity index (χ2n) is 3.72. The Bertz CT molecular complexity index is 783. The molecule has 0 radical (unpaired) electrons. The number of halogens is 2. The van der Waals surface area contributed by atoms with Crippen molar-refractivity contribution in [1.29, 1.82) is 5.26 Å². The molecule has 1 N–H and O–H groups in total. The normalized spacial score (nSPS) is 10.8. The molecule has 2 rings (SSSR count). The molecular formula is C12H7Cl2N3O2S. The monoisotopic (exact) mass is 327 g/mol. The van der Waals surface area contributed by atoms with Crippen LogP contribution in [-0.4, -0.2) is 13.4 Å². The Hall–Kier alpha value is -1.81. The van der Waals surface area contributed by atoms with Crippen LogP contribution in [-0.2, 0) is 10.0 Å². The van der Waals surface area contributed by atoms with E-state index in [-0.39, 0.29) is 20.8 Å². The molecule has 0 unspecified atom stereocenters. The zero-order valence-electron chi connectivity index (χ0n) is 9.84. The minimum atomic E-state index is -3.90. The third-order valence-corrected chi connectivity index (χ3v) is 4.39. The summed E-state index contributed by atoms with van der Waals surface area (Å²) in [5.41, 5.74) is 0.328. The van der Waals surface area contributed by atoms with E-state index in [1.165, 1.54) is 36.5 Å². The third kappa shape index (κ3) is 3.20. The van der Waals surface area contributed by atoms with Gasteiger partial charge in [0.1, 0.15) is 16.8 Å². The Morgan fingerprint density at radius 3 is 2.55 bits per heavy atom. The first kappa shape index (κ1) is 14.6. The van der Waals surface area contributed by atoms with E-state index in [2.05, 4.69) is 9.71 Å². The van der Waals surface area contributed by atoms with Crippen molar-refractivity contribution in [2.75, 3.05) is 4.72 Å². The first-order valence-corrected chi connectivity index (χ1v) is 7.50. The average molecular weight is 328 g/mol. The van der Waals surface area contributed by atoms with Crippen molar-refractivity contribution in [2.24, 2.45) is 0 Å². The number of hydrogen-bond acceptors (Lipinski definition) is 4. The van der Waals surface area contributed by atoms with E-state index in [4.69, 9.17) is 28.5 Å². The average Bonchev–Trinajstić information content (AvgIpc) is 2.42. The van der Waals surface area contributed by atoms with E-state index in [1.54, 1.807) is 0 Å². The van der Waals surface area contributed by atoms with Crippen LogP contribution in [0, 0.1) is 11.3 Å². The second-order valence-corrected chi connectivity index (χ2v) is 6.22. The van der Waals surface area contributed by atoms with Gasteiger partial charge in [-0.25, -0.2) is 13.4 Å². The summed E-state index contributed by atoms with van der Waals surface area (Å²) in [6.45, 7) is 0. The van der Waals surface area contributed by atoms with Gasteiger partial charge in [-0.15, -0.1) is 0 Å². The molecule has 1 aromatic carbocycles. The quantitative estimate of drug-likeness (QED) is 0.939. The fourth-order valence-electron chi connectivity index (χ4n) is 1.40. The van der Waals surface area contributed by atoms with E-state index in [9.17, 15) is 8.42 Å². The Kier molecular flexibility index (Phi) is 4.14. The first-order valence-electron chi connectivity index (χ1n) is 5.26. The third-order valence-electron chi connectivity index (χ3n) is 2.31. The lowest BCUT2D eigenvalue weighted by atomic mass is 10.3. The fourth-order valence-corrected chi connectivity index (χ4v) is 3.17. The molecule has 8 heteroatoms. The van der Waals surface area contributed by atoms with Crippen molar-refractivity contribution >= 4 is 39.0 Å². The van der Waals surface area contributed by atoms with Crippen LogP contribution in [0.3, 0.4) is 0 Å². The molecule has 0 saturated carbocycles. The summed E-state index contributed by atoms with van der Waals surface area (Å²) in [6, 6.07) is 8.85. The maximum absolute atomic E-state index is 12.2. The van der Waals surface area contributed by atoms with Gasteiger partial charge in [-0.3, -0.25) is 4.72 Å². The summed E-state index contributed by atoms with van der Waals surface area (Å²) in [7, 11) is -3.90. The topological polar surface area (TPSA) is 82.9 Å². The molecule has 0 saturated heterocycles. The van der Waals surface area contributed by atoms with Gasteiger partial charge in [0.05, 0.1) is 10.6 Å². The molecule has 1 heterocycles. The van der Waals surface area contributed by atoms with E-state index in [0.717, 1.165) is 0 Å². The molecule has 0 spiro atoms. The van der Waals surface area contributed by atoms with Crippen molar-refractivity contribution in [3.05, 3.63) is 52.1 Å². The van der Waals surface area contributed by atoms with E-state index in [0.29, 0.717) is 5.56 Å². The zero-order chi connectivity index (χ0) is 14.8. The number of hydrogen-bond donors (Lipinski definition) is 1. The van der Waals surface area contributed by atoms with Crippen LogP contribution >= 0.6 is 23.2 Å². The molecule has 102 valence electrons. The van der Waals surface area contributed by atoms with Gasteiger partial charge in [0, 0.05) is 11.2 Å². The smallest absolute Gasteiger partial charge is 0.263 e. The highest BCUT2D eigenvalue weighted by atomic mass is 35.5. The summed E-state index contributed by atoms with van der Waals surface area (Å²) >= 11 is 11.6. The minimum absolute atomic E-state index is 0.0514. The van der Waals surface area contributed by atoms with Crippen LogP contribution in [0.4, 0.5) is 5.82 Å². The zero-order valence-corrected chi connectivity index (χ0v) is 12.2. The molecule has 20 heavy (non-hydrogen) atoms. The second kappa shape index (κ2) is 5.67. The number of anilines is 1. The van der Waals surface area contributed by atoms with Crippen molar-refractivity contribution in [3.63, 3.8) is 0 Å². The maximum atomic E-state index is 12.2. The molecule has 0 aliphatic heterocycles. The lowest BCUT2D eigenvalue weighted by Gasteiger charge is -2.09. The van der Waals surface area contributed by atoms with Gasteiger partial charge in [0.15, 0.2) is 0 Å². The van der Waals surface area contributed by atoms with Gasteiger partial charge in [-0.2, -0.15) is 5.26 Å². The highest BCUT2D eigenvalue weighted by Crippen LogP contribution is 2.26. The predicted octanol–water partition coefficient (Wildman–Crippen LogP) is 3.06. The van der Waals surface area contributed by atoms with Crippen LogP contribution in [0.25, 0.3) is 0 Å². The summed E-state index contributed by atoms with van der Waals surface area (Å²) in [5.74, 6) is 0.0834. The molecule has 2 aromatic rings. The molecule has 1 aromatic heterocycles. The Balaban J connectivity index is 2.35. The Morgan fingerprint density at radius 2 is 1.95 bits per heavy atom. The Morgan fingerprint density at radius 1 is 1.20 bits per heavy atom. The molecule has 0 aliphatic carbocycles. The predicted molar refractivity (Wildman–Crippen MR) is 76.2 cm³/mol. The molecule has 0 atom stereocenters. The Labute approximate surface area is 125 Å². The van der Waals surface area contributed by atoms with Crippen LogP contribution in [0.1, 0.15) is 5.56 Å². The molecule has 0 aliphatic rings. The van der Waals surface area contributed by atoms with Gasteiger partial charge in [0.25, 0.3) is 10.0 Å². The van der Waals surface area contributed by atoms with Crippen LogP contribution < -0.4 is 4.72 Å². The number of nitrogens with one attached hydrogen (secondary N) is 1. The first-order chi connectivity index (χ1) is 9.42. The van der Waals surface area contributed by atoms with Crippen molar-refractivity contribution in [2.45, 2.75) is 4.90 Å². The molecular weight excluding hydrogens is 321 g/mol. The van der Waals surface area contributed by atoms with E-state index < -0.39 is 10.0 Å². The number of pyridine rings is 1. The van der Waals surface area contributed by atoms with Gasteiger partial charge in [-0.05, 0) is 30.3 Å². The lowest BCUT2D eigenvalue weighted by Crippen LogP contribution is -2.14. The number of nitriles is 1. The van der Waals surface area contributed by atoms with Gasteiger partial charge in [0.2, 0.25) is 0 Å². The summed E-state index contributed by atoms with van der Waals surface area (Å²) in [6.07, 6.45) is 1.26. The molecule has 0 amide bonds. The highest BCUT2D eigenvalue weighted by molar-refractivity contribution is 7.92. The fraction of sp³-hybridized carbons (Fsp3) is 0. The van der Waals surface area contributed by atoms with Crippen molar-refractivity contribution < 1.29 is 8.42 Å². The van der Waals surface area contributed by atoms with Crippen LogP contribution in [0.5, 0.6) is 0 Å². The molecule has 0 bridgehead atoms. The minimum Gasteiger partial charge on any atom is -0.263 e. The number of benzene rings is 1. The largest absolute Gasteiger partial charge is 0.264 e. The summed E-state index contributed by atoms with van der Waals surface area (Å²) < 4.78 is 26.6. The number of nitrogens with zero attached hydrogens (tertiary/aromatic N) is 2. The maximum Gasteiger partial charge on any atom is 0.264 e. The van der Waals surface area contributed by atoms with Gasteiger partial charge < -0.3 is 0 Å². The van der Waals surface area contributed by atoms with Crippen LogP contribution in [0.15, 0.2) is 41.4 Å². The van der Waals surface area contributed by atoms with E-state index in [1.807, 2.05) is 6.07 Å². The van der Waals surface area contributed by atoms with Crippen molar-refractivity contribution in [3.8, 4) is 6.07 Å². The number of rotatable bonds is 3. The summed E-state index contributed by atoms with van der Waals surface area (Å²) in [5, 5.41) is 8.95. The van der Waals surface area contributed by atoms with Gasteiger partial charge in [-0.1, -0.05) is 23.2 Å². The van der Waals surface area contributed by atoms with Crippen molar-refractivity contribution in [1.82, 2.24) is 4.98 Å². The van der Waals surface area contributed by atoms with E-state index >= 15 is 0 Å². The highest BCUT2D eigenvalue weighted by Gasteiger charge is 2.19. The standard InChI is InChI=1S/C12H7Cl2N3O2S/c13-9-2-3-10(14)11(5-9)20(18,19)17-12-4-1-8(6-15)7-16-12/h1-5,7H,(H,16,17). The number of sulfonamides is 1. The molecule has 0 fully saturated rings. The lowest BCUT2D eigenvalue weighted by molar-refractivity contribution is 0.601.